The molecule has 3 heteroatoms. The average Bonchev–Trinajstić information content (AvgIpc) is 2.06. The zero-order valence-electron chi connectivity index (χ0n) is 6.45. The quantitative estimate of drug-likeness (QED) is 0.699. The molecule has 0 bridgehead atoms. The molecule has 1 aromatic rings. The van der Waals surface area contributed by atoms with Gasteiger partial charge in [-0.15, -0.1) is 11.8 Å². The summed E-state index contributed by atoms with van der Waals surface area (Å²) in [7, 11) is 0. The number of aromatic nitrogens is 1. The highest BCUT2D eigenvalue weighted by molar-refractivity contribution is 7.99. The molecule has 60 valence electrons. The highest BCUT2D eigenvalue weighted by Crippen LogP contribution is 2.15. The fourth-order valence-electron chi connectivity index (χ4n) is 0.776. The first-order valence-corrected chi connectivity index (χ1v) is 4.54. The maximum absolute atomic E-state index is 8.79. The monoisotopic (exact) mass is 169 g/mol. The Bertz CT molecular complexity index is 227. The van der Waals surface area contributed by atoms with Crippen molar-refractivity contribution in [3.8, 4) is 0 Å². The molecule has 1 heterocycles. The summed E-state index contributed by atoms with van der Waals surface area (Å²) in [6.07, 6.45) is 1.73. The second-order valence-electron chi connectivity index (χ2n) is 2.09. The first kappa shape index (κ1) is 8.56. The lowest BCUT2D eigenvalue weighted by atomic mass is 10.3. The Hall–Kier alpha value is -0.540. The van der Waals surface area contributed by atoms with E-state index in [0.717, 1.165) is 16.3 Å². The summed E-state index contributed by atoms with van der Waals surface area (Å²) < 4.78 is 0. The summed E-state index contributed by atoms with van der Waals surface area (Å²) in [6.45, 7) is 2.18. The van der Waals surface area contributed by atoms with E-state index in [1.54, 1.807) is 18.0 Å². The zero-order valence-corrected chi connectivity index (χ0v) is 7.27. The first-order valence-electron chi connectivity index (χ1n) is 3.55. The second-order valence-corrected chi connectivity index (χ2v) is 3.38. The molecular formula is C8H11NOS. The van der Waals surface area contributed by atoms with Crippen molar-refractivity contribution in [1.29, 1.82) is 0 Å². The number of pyridine rings is 1. The van der Waals surface area contributed by atoms with Crippen LogP contribution in [-0.2, 0) is 6.61 Å². The number of hydrogen-bond acceptors (Lipinski definition) is 3. The molecule has 0 amide bonds. The largest absolute Gasteiger partial charge is 0.392 e. The molecule has 2 nitrogen and oxygen atoms in total. The smallest absolute Gasteiger partial charge is 0.0963 e. The molecule has 0 radical (unpaired) electrons. The minimum atomic E-state index is 0.0970. The Labute approximate surface area is 70.7 Å². The van der Waals surface area contributed by atoms with Crippen LogP contribution < -0.4 is 0 Å². The Morgan fingerprint density at radius 2 is 2.45 bits per heavy atom. The van der Waals surface area contributed by atoms with Crippen LogP contribution in [0.2, 0.25) is 0 Å². The molecule has 1 rings (SSSR count). The molecule has 0 fully saturated rings. The van der Waals surface area contributed by atoms with Crippen molar-refractivity contribution in [2.75, 3.05) is 5.75 Å². The molecule has 0 atom stereocenters. The van der Waals surface area contributed by atoms with E-state index in [1.807, 2.05) is 12.1 Å². The highest BCUT2D eigenvalue weighted by Gasteiger charge is 1.94. The lowest BCUT2D eigenvalue weighted by Gasteiger charge is -1.98. The minimum Gasteiger partial charge on any atom is -0.392 e. The molecule has 0 saturated carbocycles. The Kier molecular flexibility index (Phi) is 3.39. The van der Waals surface area contributed by atoms with Crippen molar-refractivity contribution in [1.82, 2.24) is 4.98 Å². The molecule has 1 aromatic heterocycles. The van der Waals surface area contributed by atoms with Gasteiger partial charge in [0.1, 0.15) is 0 Å². The van der Waals surface area contributed by atoms with E-state index in [9.17, 15) is 0 Å². The van der Waals surface area contributed by atoms with E-state index in [-0.39, 0.29) is 6.61 Å². The number of aliphatic hydroxyl groups is 1. The molecule has 0 aliphatic heterocycles. The molecular weight excluding hydrogens is 158 g/mol. The van der Waals surface area contributed by atoms with E-state index < -0.39 is 0 Å². The third-order valence-electron chi connectivity index (χ3n) is 1.27. The average molecular weight is 169 g/mol. The van der Waals surface area contributed by atoms with Crippen LogP contribution in [-0.4, -0.2) is 15.8 Å². The van der Waals surface area contributed by atoms with Crippen molar-refractivity contribution in [3.63, 3.8) is 0 Å². The normalized spacial score (nSPS) is 10.0. The molecule has 0 aliphatic rings. The third-order valence-corrected chi connectivity index (χ3v) is 2.08. The Balaban J connectivity index is 2.74. The van der Waals surface area contributed by atoms with Gasteiger partial charge in [-0.25, -0.2) is 4.98 Å². The lowest BCUT2D eigenvalue weighted by Crippen LogP contribution is -1.86. The summed E-state index contributed by atoms with van der Waals surface area (Å²) in [5.74, 6) is 1.02. The van der Waals surface area contributed by atoms with E-state index >= 15 is 0 Å². The van der Waals surface area contributed by atoms with Gasteiger partial charge in [0, 0.05) is 6.20 Å². The topological polar surface area (TPSA) is 33.1 Å². The maximum Gasteiger partial charge on any atom is 0.0963 e. The number of rotatable bonds is 3. The lowest BCUT2D eigenvalue weighted by molar-refractivity contribution is 0.281. The molecule has 0 spiro atoms. The van der Waals surface area contributed by atoms with Crippen LogP contribution in [0.1, 0.15) is 12.5 Å². The highest BCUT2D eigenvalue weighted by atomic mass is 32.2. The van der Waals surface area contributed by atoms with Crippen LogP contribution in [0, 0.1) is 0 Å². The predicted molar refractivity (Wildman–Crippen MR) is 46.6 cm³/mol. The number of aliphatic hydroxyl groups excluding tert-OH is 1. The summed E-state index contributed by atoms with van der Waals surface area (Å²) in [4.78, 5) is 4.13. The summed E-state index contributed by atoms with van der Waals surface area (Å²) in [6, 6.07) is 3.73. The van der Waals surface area contributed by atoms with Gasteiger partial charge in [-0.05, 0) is 23.4 Å². The standard InChI is InChI=1S/C8H11NOS/c1-2-11-8-5-7(6-10)3-4-9-8/h3-5,10H,2,6H2,1H3. The number of thioether (sulfide) groups is 1. The molecule has 1 N–H and O–H groups in total. The second kappa shape index (κ2) is 4.36. The summed E-state index contributed by atoms with van der Waals surface area (Å²) in [5, 5.41) is 9.78. The fraction of sp³-hybridized carbons (Fsp3) is 0.375. The van der Waals surface area contributed by atoms with Gasteiger partial charge in [0.15, 0.2) is 0 Å². The van der Waals surface area contributed by atoms with Gasteiger partial charge < -0.3 is 5.11 Å². The Morgan fingerprint density at radius 3 is 3.09 bits per heavy atom. The molecule has 0 aliphatic carbocycles. The SMILES string of the molecule is CCSc1cc(CO)ccn1. The van der Waals surface area contributed by atoms with Gasteiger partial charge >= 0.3 is 0 Å². The van der Waals surface area contributed by atoms with Crippen molar-refractivity contribution in [2.24, 2.45) is 0 Å². The first-order chi connectivity index (χ1) is 5.36. The van der Waals surface area contributed by atoms with E-state index in [0.29, 0.717) is 0 Å². The molecule has 0 unspecified atom stereocenters. The summed E-state index contributed by atoms with van der Waals surface area (Å²) >= 11 is 1.68. The van der Waals surface area contributed by atoms with Gasteiger partial charge in [-0.3, -0.25) is 0 Å². The zero-order chi connectivity index (χ0) is 8.10. The van der Waals surface area contributed by atoms with Crippen molar-refractivity contribution in [3.05, 3.63) is 23.9 Å². The predicted octanol–water partition coefficient (Wildman–Crippen LogP) is 1.69. The van der Waals surface area contributed by atoms with Crippen LogP contribution in [0.4, 0.5) is 0 Å². The van der Waals surface area contributed by atoms with Crippen LogP contribution in [0.15, 0.2) is 23.4 Å². The maximum atomic E-state index is 8.79. The van der Waals surface area contributed by atoms with Crippen LogP contribution in [0.25, 0.3) is 0 Å². The van der Waals surface area contributed by atoms with Crippen LogP contribution in [0.5, 0.6) is 0 Å². The number of nitrogens with zero attached hydrogens (tertiary/aromatic N) is 1. The molecule has 0 saturated heterocycles. The van der Waals surface area contributed by atoms with Gasteiger partial charge in [0.2, 0.25) is 0 Å². The van der Waals surface area contributed by atoms with Crippen molar-refractivity contribution in [2.45, 2.75) is 18.6 Å². The van der Waals surface area contributed by atoms with Gasteiger partial charge in [-0.2, -0.15) is 0 Å². The van der Waals surface area contributed by atoms with E-state index in [4.69, 9.17) is 5.11 Å². The van der Waals surface area contributed by atoms with Crippen LogP contribution in [0.3, 0.4) is 0 Å². The van der Waals surface area contributed by atoms with Crippen molar-refractivity contribution >= 4 is 11.8 Å². The van der Waals surface area contributed by atoms with E-state index in [2.05, 4.69) is 11.9 Å². The minimum absolute atomic E-state index is 0.0970. The molecule has 0 aromatic carbocycles. The van der Waals surface area contributed by atoms with E-state index in [1.165, 1.54) is 0 Å². The molecule has 11 heavy (non-hydrogen) atoms. The Morgan fingerprint density at radius 1 is 1.64 bits per heavy atom. The third kappa shape index (κ3) is 2.52. The summed E-state index contributed by atoms with van der Waals surface area (Å²) in [5.41, 5.74) is 0.927. The number of hydrogen-bond donors (Lipinski definition) is 1. The van der Waals surface area contributed by atoms with Crippen molar-refractivity contribution < 1.29 is 5.11 Å². The van der Waals surface area contributed by atoms with Gasteiger partial charge in [0.25, 0.3) is 0 Å². The van der Waals surface area contributed by atoms with Gasteiger partial charge in [0.05, 0.1) is 11.6 Å². The van der Waals surface area contributed by atoms with Gasteiger partial charge in [-0.1, -0.05) is 6.92 Å². The fourth-order valence-corrected chi connectivity index (χ4v) is 1.44. The van der Waals surface area contributed by atoms with Crippen LogP contribution >= 0.6 is 11.8 Å².